The Balaban J connectivity index is -0.000000845. The third kappa shape index (κ3) is 9.21. The van der Waals surface area contributed by atoms with Gasteiger partial charge in [0.05, 0.1) is 0 Å². The molecule has 0 aromatic rings. The maximum atomic E-state index is 11.4. The number of likely N-dealkylation sites (N-methyl/N-ethyl adjacent to an activating group) is 1. The molecule has 2 unspecified atom stereocenters. The van der Waals surface area contributed by atoms with Crippen LogP contribution < -0.4 is 11.1 Å². The van der Waals surface area contributed by atoms with Crippen molar-refractivity contribution in [2.45, 2.75) is 26.8 Å². The summed E-state index contributed by atoms with van der Waals surface area (Å²) in [5.41, 5.74) is 5.62. The van der Waals surface area contributed by atoms with Crippen molar-refractivity contribution >= 4 is 30.7 Å². The van der Waals surface area contributed by atoms with E-state index in [1.165, 1.54) is 0 Å². The average molecular weight is 274 g/mol. The molecule has 0 radical (unpaired) electrons. The highest BCUT2D eigenvalue weighted by atomic mass is 35.5. The van der Waals surface area contributed by atoms with Gasteiger partial charge < -0.3 is 16.0 Å². The van der Waals surface area contributed by atoms with Crippen LogP contribution in [0.1, 0.15) is 20.8 Å². The van der Waals surface area contributed by atoms with Crippen LogP contribution >= 0.6 is 24.8 Å². The average Bonchev–Trinajstić information content (AvgIpc) is 2.15. The number of hydrogen-bond donors (Lipinski definition) is 2. The number of nitrogens with zero attached hydrogens (tertiary/aromatic N) is 1. The number of amides is 1. The molecule has 0 saturated carbocycles. The van der Waals surface area contributed by atoms with Gasteiger partial charge in [0.2, 0.25) is 5.91 Å². The molecule has 4 nitrogen and oxygen atoms in total. The maximum absolute atomic E-state index is 11.4. The van der Waals surface area contributed by atoms with Gasteiger partial charge in [-0.1, -0.05) is 13.8 Å². The second-order valence-corrected chi connectivity index (χ2v) is 3.83. The number of halogens is 2. The van der Waals surface area contributed by atoms with Crippen LogP contribution in [-0.2, 0) is 4.79 Å². The lowest BCUT2D eigenvalue weighted by atomic mass is 10.0. The number of carbonyl (C=O) groups is 1. The van der Waals surface area contributed by atoms with E-state index in [0.29, 0.717) is 6.54 Å². The fourth-order valence-corrected chi connectivity index (χ4v) is 0.928. The molecule has 0 heterocycles. The fourth-order valence-electron chi connectivity index (χ4n) is 0.928. The summed E-state index contributed by atoms with van der Waals surface area (Å²) in [6, 6.07) is -0.0843. The normalized spacial score (nSPS) is 13.4. The zero-order chi connectivity index (χ0) is 11.1. The molecule has 0 aliphatic carbocycles. The first-order valence-corrected chi connectivity index (χ1v) is 5.20. The summed E-state index contributed by atoms with van der Waals surface area (Å²) in [5.74, 6) is -0.0635. The minimum absolute atomic E-state index is 0. The number of carbonyl (C=O) groups excluding carboxylic acids is 1. The Bertz CT molecular complexity index is 179. The molecule has 100 valence electrons. The van der Waals surface area contributed by atoms with Crippen molar-refractivity contribution in [1.82, 2.24) is 10.2 Å². The van der Waals surface area contributed by atoms with Crippen molar-refractivity contribution in [3.63, 3.8) is 0 Å². The topological polar surface area (TPSA) is 58.4 Å². The van der Waals surface area contributed by atoms with E-state index in [4.69, 9.17) is 5.73 Å². The predicted molar refractivity (Wildman–Crippen MR) is 73.5 cm³/mol. The standard InChI is InChI=1S/C10H23N3O.2ClH/c1-5-13(4)7-6-12-10(14)8(2)9(3)11;;/h8-9H,5-7,11H2,1-4H3,(H,12,14);2*1H. The molecule has 0 bridgehead atoms. The molecule has 0 spiro atoms. The first-order chi connectivity index (χ1) is 6.49. The Hall–Kier alpha value is -0.0300. The minimum atomic E-state index is -0.109. The largest absolute Gasteiger partial charge is 0.355 e. The number of rotatable bonds is 6. The molecule has 0 rings (SSSR count). The van der Waals surface area contributed by atoms with Crippen molar-refractivity contribution < 1.29 is 4.79 Å². The predicted octanol–water partition coefficient (Wildman–Crippen LogP) is 0.881. The molecular weight excluding hydrogens is 249 g/mol. The highest BCUT2D eigenvalue weighted by Crippen LogP contribution is 1.98. The van der Waals surface area contributed by atoms with E-state index in [9.17, 15) is 4.79 Å². The lowest BCUT2D eigenvalue weighted by Crippen LogP contribution is -2.41. The van der Waals surface area contributed by atoms with Gasteiger partial charge in [0.1, 0.15) is 0 Å². The second-order valence-electron chi connectivity index (χ2n) is 3.83. The molecule has 0 aromatic carbocycles. The summed E-state index contributed by atoms with van der Waals surface area (Å²) < 4.78 is 0. The van der Waals surface area contributed by atoms with Crippen LogP contribution in [-0.4, -0.2) is 43.5 Å². The summed E-state index contributed by atoms with van der Waals surface area (Å²) in [7, 11) is 2.03. The van der Waals surface area contributed by atoms with Gasteiger partial charge in [0.25, 0.3) is 0 Å². The molecule has 1 amide bonds. The lowest BCUT2D eigenvalue weighted by Gasteiger charge is -2.17. The molecule has 0 aliphatic heterocycles. The zero-order valence-electron chi connectivity index (χ0n) is 10.5. The van der Waals surface area contributed by atoms with Gasteiger partial charge in [-0.25, -0.2) is 0 Å². The zero-order valence-corrected chi connectivity index (χ0v) is 12.2. The Morgan fingerprint density at radius 3 is 2.25 bits per heavy atom. The van der Waals surface area contributed by atoms with Crippen molar-refractivity contribution in [3.05, 3.63) is 0 Å². The molecule has 3 N–H and O–H groups in total. The first-order valence-electron chi connectivity index (χ1n) is 5.20. The van der Waals surface area contributed by atoms with Crippen molar-refractivity contribution in [2.75, 3.05) is 26.7 Å². The Morgan fingerprint density at radius 2 is 1.88 bits per heavy atom. The molecule has 0 aromatic heterocycles. The summed E-state index contributed by atoms with van der Waals surface area (Å²) in [6.07, 6.45) is 0. The van der Waals surface area contributed by atoms with E-state index in [1.54, 1.807) is 0 Å². The summed E-state index contributed by atoms with van der Waals surface area (Å²) >= 11 is 0. The third-order valence-corrected chi connectivity index (χ3v) is 2.53. The first kappa shape index (κ1) is 21.3. The van der Waals surface area contributed by atoms with Crippen LogP contribution in [0.4, 0.5) is 0 Å². The summed E-state index contributed by atoms with van der Waals surface area (Å²) in [6.45, 7) is 8.37. The van der Waals surface area contributed by atoms with Gasteiger partial charge in [-0.2, -0.15) is 0 Å². The van der Waals surface area contributed by atoms with Gasteiger partial charge in [-0.3, -0.25) is 4.79 Å². The molecule has 0 fully saturated rings. The van der Waals surface area contributed by atoms with Crippen LogP contribution in [0.3, 0.4) is 0 Å². The van der Waals surface area contributed by atoms with Gasteiger partial charge >= 0.3 is 0 Å². The Labute approximate surface area is 111 Å². The Morgan fingerprint density at radius 1 is 1.38 bits per heavy atom. The number of nitrogens with one attached hydrogen (secondary N) is 1. The van der Waals surface area contributed by atoms with Crippen LogP contribution in [0.2, 0.25) is 0 Å². The van der Waals surface area contributed by atoms with E-state index in [2.05, 4.69) is 17.1 Å². The third-order valence-electron chi connectivity index (χ3n) is 2.53. The molecule has 0 aliphatic rings. The van der Waals surface area contributed by atoms with Crippen LogP contribution in [0.15, 0.2) is 0 Å². The molecule has 6 heteroatoms. The van der Waals surface area contributed by atoms with Gasteiger partial charge in [-0.15, -0.1) is 24.8 Å². The van der Waals surface area contributed by atoms with Gasteiger partial charge in [0.15, 0.2) is 0 Å². The quantitative estimate of drug-likeness (QED) is 0.756. The van der Waals surface area contributed by atoms with E-state index in [-0.39, 0.29) is 42.7 Å². The SMILES string of the molecule is CCN(C)CCNC(=O)C(C)C(C)N.Cl.Cl. The smallest absolute Gasteiger partial charge is 0.224 e. The van der Waals surface area contributed by atoms with E-state index >= 15 is 0 Å². The number of hydrogen-bond acceptors (Lipinski definition) is 3. The summed E-state index contributed by atoms with van der Waals surface area (Å²) in [5, 5.41) is 2.87. The van der Waals surface area contributed by atoms with E-state index in [1.807, 2.05) is 20.9 Å². The molecule has 16 heavy (non-hydrogen) atoms. The van der Waals surface area contributed by atoms with Gasteiger partial charge in [0, 0.05) is 25.0 Å². The summed E-state index contributed by atoms with van der Waals surface area (Å²) in [4.78, 5) is 13.6. The van der Waals surface area contributed by atoms with Crippen molar-refractivity contribution in [2.24, 2.45) is 11.7 Å². The molecule has 2 atom stereocenters. The highest BCUT2D eigenvalue weighted by Gasteiger charge is 2.15. The fraction of sp³-hybridized carbons (Fsp3) is 0.900. The van der Waals surface area contributed by atoms with Crippen molar-refractivity contribution in [3.8, 4) is 0 Å². The van der Waals surface area contributed by atoms with Crippen LogP contribution in [0, 0.1) is 5.92 Å². The minimum Gasteiger partial charge on any atom is -0.355 e. The van der Waals surface area contributed by atoms with E-state index < -0.39 is 0 Å². The van der Waals surface area contributed by atoms with E-state index in [0.717, 1.165) is 13.1 Å². The second kappa shape index (κ2) is 11.5. The lowest BCUT2D eigenvalue weighted by molar-refractivity contribution is -0.124. The molecular formula is C10H25Cl2N3O. The maximum Gasteiger partial charge on any atom is 0.224 e. The number of nitrogens with two attached hydrogens (primary N) is 1. The monoisotopic (exact) mass is 273 g/mol. The van der Waals surface area contributed by atoms with Crippen molar-refractivity contribution in [1.29, 1.82) is 0 Å². The van der Waals surface area contributed by atoms with Gasteiger partial charge in [-0.05, 0) is 20.5 Å². The Kier molecular flexibility index (Phi) is 15.2. The van der Waals surface area contributed by atoms with Crippen LogP contribution in [0.25, 0.3) is 0 Å². The highest BCUT2D eigenvalue weighted by molar-refractivity contribution is 5.85. The molecule has 0 saturated heterocycles. The van der Waals surface area contributed by atoms with Crippen LogP contribution in [0.5, 0.6) is 0 Å².